The molecule has 0 spiro atoms. The van der Waals surface area contributed by atoms with Gasteiger partial charge in [0.15, 0.2) is 0 Å². The first kappa shape index (κ1) is 15.8. The molecule has 0 aromatic carbocycles. The van der Waals surface area contributed by atoms with Crippen LogP contribution in [-0.4, -0.2) is 36.6 Å². The molecule has 1 aromatic rings. The van der Waals surface area contributed by atoms with E-state index in [0.717, 1.165) is 17.8 Å². The Balaban J connectivity index is 1.55. The SMILES string of the molecule is O=C(NCC1CCCCC1(F)F)c1cnc(C2OCCO2)s1. The smallest absolute Gasteiger partial charge is 0.263 e. The second-order valence-corrected chi connectivity index (χ2v) is 6.61. The van der Waals surface area contributed by atoms with Gasteiger partial charge in [-0.1, -0.05) is 6.42 Å². The molecule has 1 unspecified atom stereocenters. The number of halogens is 2. The van der Waals surface area contributed by atoms with Crippen LogP contribution in [0.15, 0.2) is 6.20 Å². The van der Waals surface area contributed by atoms with Crippen LogP contribution < -0.4 is 5.32 Å². The van der Waals surface area contributed by atoms with Gasteiger partial charge in [-0.2, -0.15) is 0 Å². The van der Waals surface area contributed by atoms with Crippen molar-refractivity contribution in [3.05, 3.63) is 16.1 Å². The lowest BCUT2D eigenvalue weighted by Crippen LogP contribution is -2.40. The molecule has 1 N–H and O–H groups in total. The summed E-state index contributed by atoms with van der Waals surface area (Å²) in [4.78, 5) is 16.5. The topological polar surface area (TPSA) is 60.5 Å². The number of aromatic nitrogens is 1. The molecule has 8 heteroatoms. The molecule has 1 aromatic heterocycles. The number of rotatable bonds is 4. The number of carbonyl (C=O) groups excluding carboxylic acids is 1. The summed E-state index contributed by atoms with van der Waals surface area (Å²) in [6.45, 7) is 1.00. The van der Waals surface area contributed by atoms with Gasteiger partial charge in [0.1, 0.15) is 9.88 Å². The van der Waals surface area contributed by atoms with Gasteiger partial charge in [0, 0.05) is 18.9 Å². The summed E-state index contributed by atoms with van der Waals surface area (Å²) in [6, 6.07) is 0. The number of thiazole rings is 1. The van der Waals surface area contributed by atoms with E-state index in [9.17, 15) is 13.6 Å². The van der Waals surface area contributed by atoms with Gasteiger partial charge in [-0.15, -0.1) is 11.3 Å². The van der Waals surface area contributed by atoms with Gasteiger partial charge < -0.3 is 14.8 Å². The van der Waals surface area contributed by atoms with Gasteiger partial charge in [0.05, 0.1) is 19.4 Å². The van der Waals surface area contributed by atoms with E-state index in [1.807, 2.05) is 0 Å². The molecule has 2 fully saturated rings. The lowest BCUT2D eigenvalue weighted by atomic mass is 9.85. The number of hydrogen-bond acceptors (Lipinski definition) is 5. The van der Waals surface area contributed by atoms with Crippen LogP contribution in [0.3, 0.4) is 0 Å². The average molecular weight is 332 g/mol. The van der Waals surface area contributed by atoms with Crippen molar-refractivity contribution in [3.63, 3.8) is 0 Å². The van der Waals surface area contributed by atoms with Gasteiger partial charge in [0.25, 0.3) is 11.8 Å². The molecular formula is C14H18F2N2O3S. The van der Waals surface area contributed by atoms with Gasteiger partial charge in [-0.25, -0.2) is 13.8 Å². The molecule has 1 aliphatic carbocycles. The number of nitrogens with one attached hydrogen (secondary N) is 1. The molecule has 122 valence electrons. The van der Waals surface area contributed by atoms with E-state index < -0.39 is 18.1 Å². The maximum Gasteiger partial charge on any atom is 0.263 e. The molecule has 1 saturated carbocycles. The Hall–Kier alpha value is -1.12. The molecule has 2 heterocycles. The molecule has 3 rings (SSSR count). The zero-order chi connectivity index (χ0) is 15.6. The maximum absolute atomic E-state index is 13.7. The van der Waals surface area contributed by atoms with E-state index >= 15 is 0 Å². The van der Waals surface area contributed by atoms with Gasteiger partial charge in [-0.3, -0.25) is 4.79 Å². The van der Waals surface area contributed by atoms with Crippen molar-refractivity contribution in [1.82, 2.24) is 10.3 Å². The third-order valence-corrected chi connectivity index (χ3v) is 5.01. The fourth-order valence-corrected chi connectivity index (χ4v) is 3.56. The summed E-state index contributed by atoms with van der Waals surface area (Å²) >= 11 is 1.16. The first-order valence-corrected chi connectivity index (χ1v) is 8.23. The Morgan fingerprint density at radius 1 is 1.41 bits per heavy atom. The van der Waals surface area contributed by atoms with Crippen molar-refractivity contribution in [1.29, 1.82) is 0 Å². The van der Waals surface area contributed by atoms with E-state index in [1.54, 1.807) is 0 Å². The van der Waals surface area contributed by atoms with E-state index in [2.05, 4.69) is 10.3 Å². The van der Waals surface area contributed by atoms with E-state index in [0.29, 0.717) is 35.9 Å². The standard InChI is InChI=1S/C14H18F2N2O3S/c15-14(16)4-2-1-3-9(14)7-17-11(19)10-8-18-12(22-10)13-20-5-6-21-13/h8-9,13H,1-7H2,(H,17,19). The van der Waals surface area contributed by atoms with Gasteiger partial charge in [-0.05, 0) is 12.8 Å². The first-order chi connectivity index (χ1) is 10.6. The van der Waals surface area contributed by atoms with Gasteiger partial charge >= 0.3 is 0 Å². The second kappa shape index (κ2) is 6.55. The highest BCUT2D eigenvalue weighted by Crippen LogP contribution is 2.38. The minimum absolute atomic E-state index is 0.00447. The zero-order valence-electron chi connectivity index (χ0n) is 12.0. The summed E-state index contributed by atoms with van der Waals surface area (Å²) in [5.41, 5.74) is 0. The quantitative estimate of drug-likeness (QED) is 0.921. The number of nitrogens with zero attached hydrogens (tertiary/aromatic N) is 1. The zero-order valence-corrected chi connectivity index (χ0v) is 12.8. The summed E-state index contributed by atoms with van der Waals surface area (Å²) < 4.78 is 38.1. The minimum atomic E-state index is -2.68. The lowest BCUT2D eigenvalue weighted by molar-refractivity contribution is -0.0835. The highest BCUT2D eigenvalue weighted by Gasteiger charge is 2.41. The number of hydrogen-bond donors (Lipinski definition) is 1. The summed E-state index contributed by atoms with van der Waals surface area (Å²) in [7, 11) is 0. The summed E-state index contributed by atoms with van der Waals surface area (Å²) in [5.74, 6) is -3.84. The van der Waals surface area contributed by atoms with Crippen molar-refractivity contribution < 1.29 is 23.0 Å². The molecular weight excluding hydrogens is 314 g/mol. The highest BCUT2D eigenvalue weighted by atomic mass is 32.1. The normalized spacial score (nSPS) is 25.3. The van der Waals surface area contributed by atoms with Crippen molar-refractivity contribution in [3.8, 4) is 0 Å². The Morgan fingerprint density at radius 2 is 2.18 bits per heavy atom. The Labute approximate surface area is 131 Å². The molecule has 5 nitrogen and oxygen atoms in total. The number of alkyl halides is 2. The third kappa shape index (κ3) is 3.44. The minimum Gasteiger partial charge on any atom is -0.351 e. The molecule has 0 bridgehead atoms. The maximum atomic E-state index is 13.7. The summed E-state index contributed by atoms with van der Waals surface area (Å²) in [6.07, 6.45) is 2.61. The Bertz CT molecular complexity index is 532. The fourth-order valence-electron chi connectivity index (χ4n) is 2.72. The van der Waals surface area contributed by atoms with Crippen LogP contribution in [-0.2, 0) is 9.47 Å². The molecule has 22 heavy (non-hydrogen) atoms. The van der Waals surface area contributed by atoms with E-state index in [-0.39, 0.29) is 18.9 Å². The summed E-state index contributed by atoms with van der Waals surface area (Å²) in [5, 5.41) is 3.17. The van der Waals surface area contributed by atoms with Crippen molar-refractivity contribution in [2.45, 2.75) is 37.9 Å². The Kier molecular flexibility index (Phi) is 4.70. The molecule has 2 aliphatic rings. The van der Waals surface area contributed by atoms with E-state index in [1.165, 1.54) is 6.20 Å². The second-order valence-electron chi connectivity index (χ2n) is 5.55. The van der Waals surface area contributed by atoms with Gasteiger partial charge in [0.2, 0.25) is 6.29 Å². The fraction of sp³-hybridized carbons (Fsp3) is 0.714. The average Bonchev–Trinajstić information content (AvgIpc) is 3.16. The molecule has 1 amide bonds. The largest absolute Gasteiger partial charge is 0.351 e. The highest BCUT2D eigenvalue weighted by molar-refractivity contribution is 7.13. The van der Waals surface area contributed by atoms with Crippen LogP contribution in [0, 0.1) is 5.92 Å². The van der Waals surface area contributed by atoms with Crippen molar-refractivity contribution in [2.24, 2.45) is 5.92 Å². The number of ether oxygens (including phenoxy) is 2. The number of amides is 1. The predicted octanol–water partition coefficient (Wildman–Crippen LogP) is 2.74. The van der Waals surface area contributed by atoms with Crippen LogP contribution in [0.1, 0.15) is 46.7 Å². The first-order valence-electron chi connectivity index (χ1n) is 7.41. The van der Waals surface area contributed by atoms with Crippen LogP contribution in [0.5, 0.6) is 0 Å². The van der Waals surface area contributed by atoms with Crippen molar-refractivity contribution in [2.75, 3.05) is 19.8 Å². The molecule has 1 atom stereocenters. The Morgan fingerprint density at radius 3 is 2.91 bits per heavy atom. The molecule has 0 radical (unpaired) electrons. The number of carbonyl (C=O) groups is 1. The monoisotopic (exact) mass is 332 g/mol. The third-order valence-electron chi connectivity index (χ3n) is 3.99. The van der Waals surface area contributed by atoms with Crippen LogP contribution in [0.2, 0.25) is 0 Å². The van der Waals surface area contributed by atoms with E-state index in [4.69, 9.17) is 9.47 Å². The van der Waals surface area contributed by atoms with Crippen LogP contribution in [0.25, 0.3) is 0 Å². The molecule has 1 aliphatic heterocycles. The lowest BCUT2D eigenvalue weighted by Gasteiger charge is -2.31. The van der Waals surface area contributed by atoms with Crippen LogP contribution in [0.4, 0.5) is 8.78 Å². The van der Waals surface area contributed by atoms with Crippen LogP contribution >= 0.6 is 11.3 Å². The molecule has 1 saturated heterocycles. The van der Waals surface area contributed by atoms with Crippen molar-refractivity contribution >= 4 is 17.2 Å². The predicted molar refractivity (Wildman–Crippen MR) is 76.0 cm³/mol.